The Kier molecular flexibility index (Phi) is 7.32. The number of rotatable bonds is 4. The summed E-state index contributed by atoms with van der Waals surface area (Å²) in [6.45, 7) is 14.9. The van der Waals surface area contributed by atoms with E-state index in [1.165, 1.54) is 4.31 Å². The largest absolute Gasteiger partial charge is 0.333 e. The first-order chi connectivity index (χ1) is 13.7. The molecule has 0 aromatic heterocycles. The molecule has 8 nitrogen and oxygen atoms in total. The van der Waals surface area contributed by atoms with Crippen molar-refractivity contribution in [1.82, 2.24) is 14.9 Å². The second-order valence-electron chi connectivity index (χ2n) is 9.17. The molecule has 2 rings (SSSR count). The van der Waals surface area contributed by atoms with Crippen LogP contribution in [0.4, 0.5) is 4.79 Å². The lowest BCUT2D eigenvalue weighted by Crippen LogP contribution is -3.15. The molecule has 1 aliphatic rings. The Bertz CT molecular complexity index is 901. The topological polar surface area (TPSA) is 100 Å². The quantitative estimate of drug-likeness (QED) is 0.634. The van der Waals surface area contributed by atoms with Crippen molar-refractivity contribution < 1.29 is 22.9 Å². The zero-order chi connectivity index (χ0) is 22.9. The Hall–Kier alpha value is -1.97. The number of carbonyl (C=O) groups is 2. The van der Waals surface area contributed by atoms with Crippen molar-refractivity contribution in [1.29, 1.82) is 0 Å². The fraction of sp³-hybridized carbons (Fsp3) is 0.619. The first-order valence-corrected chi connectivity index (χ1v) is 11.7. The molecule has 30 heavy (non-hydrogen) atoms. The summed E-state index contributed by atoms with van der Waals surface area (Å²) in [4.78, 5) is 25.3. The van der Waals surface area contributed by atoms with Crippen LogP contribution in [0.5, 0.6) is 0 Å². The van der Waals surface area contributed by atoms with Gasteiger partial charge in [-0.25, -0.2) is 13.2 Å². The Morgan fingerprint density at radius 2 is 1.53 bits per heavy atom. The van der Waals surface area contributed by atoms with E-state index in [9.17, 15) is 18.0 Å². The van der Waals surface area contributed by atoms with Crippen LogP contribution in [0.1, 0.15) is 43.0 Å². The third-order valence-electron chi connectivity index (χ3n) is 5.48. The van der Waals surface area contributed by atoms with Gasteiger partial charge in [-0.3, -0.25) is 10.1 Å². The highest BCUT2D eigenvalue weighted by Gasteiger charge is 2.34. The maximum absolute atomic E-state index is 13.3. The van der Waals surface area contributed by atoms with E-state index in [0.29, 0.717) is 31.1 Å². The lowest BCUT2D eigenvalue weighted by Gasteiger charge is -2.32. The predicted octanol–water partition coefficient (Wildman–Crippen LogP) is 0.434. The average Bonchev–Trinajstić information content (AvgIpc) is 2.58. The van der Waals surface area contributed by atoms with Crippen LogP contribution >= 0.6 is 0 Å². The number of sulfonamides is 1. The number of imide groups is 1. The van der Waals surface area contributed by atoms with E-state index < -0.39 is 21.6 Å². The number of urea groups is 1. The number of nitrogens with one attached hydrogen (secondary N) is 3. The third-order valence-corrected chi connectivity index (χ3v) is 7.65. The molecular weight excluding hydrogens is 404 g/mol. The fourth-order valence-electron chi connectivity index (χ4n) is 3.69. The van der Waals surface area contributed by atoms with Gasteiger partial charge < -0.3 is 10.2 Å². The predicted molar refractivity (Wildman–Crippen MR) is 116 cm³/mol. The van der Waals surface area contributed by atoms with Gasteiger partial charge in [0.25, 0.3) is 5.91 Å². The van der Waals surface area contributed by atoms with Gasteiger partial charge in [-0.15, -0.1) is 0 Å². The summed E-state index contributed by atoms with van der Waals surface area (Å²) in [5.74, 6) is -0.371. The Balaban J connectivity index is 2.01. The van der Waals surface area contributed by atoms with Gasteiger partial charge in [0.2, 0.25) is 10.0 Å². The first kappa shape index (κ1) is 24.3. The summed E-state index contributed by atoms with van der Waals surface area (Å²) in [5.41, 5.74) is 3.08. The molecule has 1 saturated heterocycles. The molecule has 1 aromatic carbocycles. The molecule has 9 heteroatoms. The highest BCUT2D eigenvalue weighted by molar-refractivity contribution is 7.89. The zero-order valence-corrected chi connectivity index (χ0v) is 19.9. The van der Waals surface area contributed by atoms with Crippen LogP contribution < -0.4 is 15.5 Å². The summed E-state index contributed by atoms with van der Waals surface area (Å²) in [7, 11) is -3.60. The Morgan fingerprint density at radius 1 is 1.03 bits per heavy atom. The minimum atomic E-state index is -3.60. The van der Waals surface area contributed by atoms with Crippen LogP contribution in [0.3, 0.4) is 0 Å². The average molecular weight is 440 g/mol. The molecule has 0 bridgehead atoms. The highest BCUT2D eigenvalue weighted by Crippen LogP contribution is 2.28. The molecule has 3 amide bonds. The number of benzene rings is 1. The van der Waals surface area contributed by atoms with Gasteiger partial charge in [-0.2, -0.15) is 4.31 Å². The van der Waals surface area contributed by atoms with E-state index >= 15 is 0 Å². The van der Waals surface area contributed by atoms with Crippen LogP contribution in [0.2, 0.25) is 0 Å². The number of quaternary nitrogens is 1. The van der Waals surface area contributed by atoms with Crippen molar-refractivity contribution in [2.75, 3.05) is 32.7 Å². The van der Waals surface area contributed by atoms with E-state index in [-0.39, 0.29) is 12.5 Å². The van der Waals surface area contributed by atoms with Gasteiger partial charge in [-0.1, -0.05) is 6.07 Å². The maximum atomic E-state index is 13.3. The van der Waals surface area contributed by atoms with E-state index in [1.54, 1.807) is 0 Å². The summed E-state index contributed by atoms with van der Waals surface area (Å²) in [5, 5.41) is 5.02. The van der Waals surface area contributed by atoms with Crippen molar-refractivity contribution in [3.63, 3.8) is 0 Å². The van der Waals surface area contributed by atoms with Crippen LogP contribution in [0, 0.1) is 27.7 Å². The standard InChI is InChI=1S/C21H34N4O4S/c1-14-12-15(2)17(4)19(16(14)3)30(28,29)25-10-8-24(9-11-25)13-18(26)22-20(27)23-21(5,6)7/h12H,8-11,13H2,1-7H3,(H2,22,23,26,27)/p+1. The van der Waals surface area contributed by atoms with Gasteiger partial charge in [0, 0.05) is 5.54 Å². The molecule has 3 N–H and O–H groups in total. The van der Waals surface area contributed by atoms with E-state index in [1.807, 2.05) is 54.5 Å². The number of piperazine rings is 1. The van der Waals surface area contributed by atoms with Crippen molar-refractivity contribution in [3.8, 4) is 0 Å². The van der Waals surface area contributed by atoms with Crippen molar-refractivity contribution in [2.45, 2.75) is 58.9 Å². The van der Waals surface area contributed by atoms with Gasteiger partial charge in [-0.05, 0) is 70.7 Å². The minimum absolute atomic E-state index is 0.132. The zero-order valence-electron chi connectivity index (χ0n) is 19.1. The normalized spacial score (nSPS) is 16.4. The number of hydrogen-bond acceptors (Lipinski definition) is 4. The summed E-state index contributed by atoms with van der Waals surface area (Å²) >= 11 is 0. The number of nitrogens with zero attached hydrogens (tertiary/aromatic N) is 1. The van der Waals surface area contributed by atoms with E-state index in [4.69, 9.17) is 0 Å². The first-order valence-electron chi connectivity index (χ1n) is 10.3. The lowest BCUT2D eigenvalue weighted by atomic mass is 10.0. The Labute approximate surface area is 180 Å². The van der Waals surface area contributed by atoms with E-state index in [2.05, 4.69) is 10.6 Å². The number of carbonyl (C=O) groups excluding carboxylic acids is 2. The minimum Gasteiger partial charge on any atom is -0.333 e. The van der Waals surface area contributed by atoms with Crippen LogP contribution in [-0.2, 0) is 14.8 Å². The third kappa shape index (κ3) is 5.80. The second-order valence-corrected chi connectivity index (χ2v) is 11.0. The maximum Gasteiger partial charge on any atom is 0.322 e. The monoisotopic (exact) mass is 439 g/mol. The van der Waals surface area contributed by atoms with Crippen molar-refractivity contribution in [3.05, 3.63) is 28.3 Å². The SMILES string of the molecule is Cc1cc(C)c(C)c(S(=O)(=O)N2CC[NH+](CC(=O)NC(=O)NC(C)(C)C)CC2)c1C. The molecular formula is C21H35N4O4S+. The summed E-state index contributed by atoms with van der Waals surface area (Å²) in [6, 6.07) is 1.49. The molecule has 0 saturated carbocycles. The lowest BCUT2D eigenvalue weighted by molar-refractivity contribution is -0.895. The highest BCUT2D eigenvalue weighted by atomic mass is 32.2. The van der Waals surface area contributed by atoms with E-state index in [0.717, 1.165) is 27.2 Å². The van der Waals surface area contributed by atoms with Gasteiger partial charge in [0.15, 0.2) is 6.54 Å². The van der Waals surface area contributed by atoms with Gasteiger partial charge in [0.05, 0.1) is 31.1 Å². The molecule has 168 valence electrons. The molecule has 1 heterocycles. The Morgan fingerprint density at radius 3 is 2.00 bits per heavy atom. The molecule has 1 fully saturated rings. The molecule has 1 aromatic rings. The molecule has 1 aliphatic heterocycles. The fourth-order valence-corrected chi connectivity index (χ4v) is 5.70. The number of hydrogen-bond donors (Lipinski definition) is 3. The molecule has 0 spiro atoms. The van der Waals surface area contributed by atoms with Crippen molar-refractivity contribution >= 4 is 22.0 Å². The molecule has 0 atom stereocenters. The van der Waals surface area contributed by atoms with Gasteiger partial charge >= 0.3 is 6.03 Å². The second kappa shape index (κ2) is 9.03. The van der Waals surface area contributed by atoms with Crippen molar-refractivity contribution in [2.24, 2.45) is 0 Å². The van der Waals surface area contributed by atoms with Crippen LogP contribution in [0.15, 0.2) is 11.0 Å². The molecule has 0 aliphatic carbocycles. The number of amides is 3. The summed E-state index contributed by atoms with van der Waals surface area (Å²) < 4.78 is 28.2. The van der Waals surface area contributed by atoms with Gasteiger partial charge in [0.1, 0.15) is 0 Å². The van der Waals surface area contributed by atoms with Crippen LogP contribution in [-0.4, -0.2) is 62.9 Å². The molecule has 0 unspecified atom stereocenters. The smallest absolute Gasteiger partial charge is 0.322 e. The summed E-state index contributed by atoms with van der Waals surface area (Å²) in [6.07, 6.45) is 0. The molecule has 0 radical (unpaired) electrons. The van der Waals surface area contributed by atoms with Crippen LogP contribution in [0.25, 0.3) is 0 Å². The number of aryl methyl sites for hydroxylation is 2.